The average Bonchev–Trinajstić information content (AvgIpc) is 2.57. The summed E-state index contributed by atoms with van der Waals surface area (Å²) >= 11 is 0. The lowest BCUT2D eigenvalue weighted by Gasteiger charge is -2.05. The Balaban J connectivity index is 2.49. The predicted molar refractivity (Wildman–Crippen MR) is 58.1 cm³/mol. The molecule has 0 radical (unpaired) electrons. The van der Waals surface area contributed by atoms with E-state index in [0.717, 1.165) is 0 Å². The second-order valence-electron chi connectivity index (χ2n) is 5.19. The highest BCUT2D eigenvalue weighted by Gasteiger charge is 2.65. The molecule has 0 spiro atoms. The molecule has 0 aromatic carbocycles. The van der Waals surface area contributed by atoms with E-state index in [4.69, 9.17) is 5.26 Å². The van der Waals surface area contributed by atoms with Crippen molar-refractivity contribution in [1.29, 1.82) is 5.26 Å². The van der Waals surface area contributed by atoms with Crippen LogP contribution in [-0.4, -0.2) is 24.4 Å². The number of nitrogens with zero attached hydrogens (tertiary/aromatic N) is 1. The van der Waals surface area contributed by atoms with E-state index >= 15 is 0 Å². The molecule has 1 rings (SSSR count). The molecule has 0 bridgehead atoms. The van der Waals surface area contributed by atoms with Gasteiger partial charge in [0.25, 0.3) is 0 Å². The SMILES string of the molecule is CC1(C)C(NC(=O)C(=O)NCC#N)C1(C)C. The minimum Gasteiger partial charge on any atom is -0.344 e. The zero-order valence-corrected chi connectivity index (χ0v) is 10.0. The second-order valence-corrected chi connectivity index (χ2v) is 5.19. The van der Waals surface area contributed by atoms with Gasteiger partial charge in [0.1, 0.15) is 6.54 Å². The van der Waals surface area contributed by atoms with Crippen LogP contribution in [0, 0.1) is 22.2 Å². The van der Waals surface area contributed by atoms with Gasteiger partial charge in [-0.2, -0.15) is 5.26 Å². The molecular formula is C11H17N3O2. The van der Waals surface area contributed by atoms with Crippen LogP contribution >= 0.6 is 0 Å². The minimum atomic E-state index is -0.750. The van der Waals surface area contributed by atoms with E-state index in [9.17, 15) is 9.59 Å². The molecular weight excluding hydrogens is 206 g/mol. The monoisotopic (exact) mass is 223 g/mol. The fraction of sp³-hybridized carbons (Fsp3) is 0.727. The Labute approximate surface area is 95.2 Å². The number of nitrogens with one attached hydrogen (secondary N) is 2. The van der Waals surface area contributed by atoms with Crippen molar-refractivity contribution >= 4 is 11.8 Å². The molecule has 88 valence electrons. The average molecular weight is 223 g/mol. The molecule has 1 aliphatic rings. The summed E-state index contributed by atoms with van der Waals surface area (Å²) in [6.07, 6.45) is 0. The normalized spacial score (nSPS) is 20.7. The highest BCUT2D eigenvalue weighted by Crippen LogP contribution is 2.62. The van der Waals surface area contributed by atoms with Gasteiger partial charge in [-0.15, -0.1) is 0 Å². The quantitative estimate of drug-likeness (QED) is 0.517. The predicted octanol–water partition coefficient (Wildman–Crippen LogP) is 0.177. The van der Waals surface area contributed by atoms with Crippen LogP contribution in [-0.2, 0) is 9.59 Å². The third-order valence-electron chi connectivity index (χ3n) is 3.83. The van der Waals surface area contributed by atoms with Crippen LogP contribution in [0.1, 0.15) is 27.7 Å². The number of hydrogen-bond acceptors (Lipinski definition) is 3. The zero-order chi connectivity index (χ0) is 12.6. The summed E-state index contributed by atoms with van der Waals surface area (Å²) in [5.41, 5.74) is -0.00363. The van der Waals surface area contributed by atoms with E-state index in [0.29, 0.717) is 0 Å². The van der Waals surface area contributed by atoms with Crippen molar-refractivity contribution in [3.63, 3.8) is 0 Å². The molecule has 0 unspecified atom stereocenters. The van der Waals surface area contributed by atoms with Crippen LogP contribution in [0.3, 0.4) is 0 Å². The lowest BCUT2D eigenvalue weighted by atomic mass is 10.0. The number of hydrogen-bond donors (Lipinski definition) is 2. The first-order chi connectivity index (χ1) is 7.25. The van der Waals surface area contributed by atoms with Gasteiger partial charge in [-0.1, -0.05) is 27.7 Å². The smallest absolute Gasteiger partial charge is 0.310 e. The van der Waals surface area contributed by atoms with Crippen molar-refractivity contribution < 1.29 is 9.59 Å². The molecule has 0 atom stereocenters. The number of nitriles is 1. The molecule has 0 aromatic heterocycles. The summed E-state index contributed by atoms with van der Waals surface area (Å²) in [5, 5.41) is 13.2. The fourth-order valence-corrected chi connectivity index (χ4v) is 1.95. The molecule has 2 N–H and O–H groups in total. The summed E-state index contributed by atoms with van der Waals surface area (Å²) in [4.78, 5) is 22.7. The lowest BCUT2D eigenvalue weighted by molar-refractivity contribution is -0.139. The largest absolute Gasteiger partial charge is 0.344 e. The summed E-state index contributed by atoms with van der Waals surface area (Å²) in [6.45, 7) is 8.04. The van der Waals surface area contributed by atoms with E-state index in [-0.39, 0.29) is 23.4 Å². The Bertz CT molecular complexity index is 352. The minimum absolute atomic E-state index is 0.000311. The maximum atomic E-state index is 11.4. The first-order valence-corrected chi connectivity index (χ1v) is 5.20. The van der Waals surface area contributed by atoms with Crippen LogP contribution in [0.4, 0.5) is 0 Å². The van der Waals surface area contributed by atoms with Gasteiger partial charge in [0.2, 0.25) is 0 Å². The fourth-order valence-electron chi connectivity index (χ4n) is 1.95. The van der Waals surface area contributed by atoms with Crippen molar-refractivity contribution in [1.82, 2.24) is 10.6 Å². The highest BCUT2D eigenvalue weighted by atomic mass is 16.2. The third kappa shape index (κ3) is 1.87. The van der Waals surface area contributed by atoms with Crippen LogP contribution in [0.5, 0.6) is 0 Å². The van der Waals surface area contributed by atoms with E-state index in [1.54, 1.807) is 6.07 Å². The lowest BCUT2D eigenvalue weighted by Crippen LogP contribution is -2.42. The molecule has 0 aromatic rings. The van der Waals surface area contributed by atoms with Crippen LogP contribution in [0.15, 0.2) is 0 Å². The van der Waals surface area contributed by atoms with Gasteiger partial charge in [-0.3, -0.25) is 9.59 Å². The second kappa shape index (κ2) is 3.78. The molecule has 0 heterocycles. The van der Waals surface area contributed by atoms with E-state index in [1.165, 1.54) is 0 Å². The maximum Gasteiger partial charge on any atom is 0.310 e. The standard InChI is InChI=1S/C11H17N3O2/c1-10(2)9(11(10,3)4)14-8(16)7(15)13-6-5-12/h9H,6H2,1-4H3,(H,13,15)(H,14,16). The summed E-state index contributed by atoms with van der Waals surface area (Å²) in [5.74, 6) is -1.42. The van der Waals surface area contributed by atoms with Crippen LogP contribution in [0.2, 0.25) is 0 Å². The van der Waals surface area contributed by atoms with Crippen molar-refractivity contribution in [3.05, 3.63) is 0 Å². The summed E-state index contributed by atoms with van der Waals surface area (Å²) < 4.78 is 0. The molecule has 5 heteroatoms. The molecule has 1 fully saturated rings. The van der Waals surface area contributed by atoms with Crippen molar-refractivity contribution in [2.24, 2.45) is 10.8 Å². The van der Waals surface area contributed by atoms with Crippen molar-refractivity contribution in [2.45, 2.75) is 33.7 Å². The van der Waals surface area contributed by atoms with Gasteiger partial charge in [0.15, 0.2) is 0 Å². The van der Waals surface area contributed by atoms with Gasteiger partial charge < -0.3 is 10.6 Å². The van der Waals surface area contributed by atoms with E-state index in [2.05, 4.69) is 10.6 Å². The topological polar surface area (TPSA) is 82.0 Å². The Morgan fingerprint density at radius 3 is 2.06 bits per heavy atom. The molecule has 16 heavy (non-hydrogen) atoms. The van der Waals surface area contributed by atoms with Gasteiger partial charge in [-0.05, 0) is 10.8 Å². The molecule has 0 saturated heterocycles. The highest BCUT2D eigenvalue weighted by molar-refractivity contribution is 6.35. The Kier molecular flexibility index (Phi) is 2.95. The first-order valence-electron chi connectivity index (χ1n) is 5.20. The Morgan fingerprint density at radius 2 is 1.69 bits per heavy atom. The maximum absolute atomic E-state index is 11.4. The van der Waals surface area contributed by atoms with Crippen molar-refractivity contribution in [2.75, 3.05) is 6.54 Å². The molecule has 1 aliphatic carbocycles. The molecule has 0 aliphatic heterocycles. The molecule has 1 saturated carbocycles. The van der Waals surface area contributed by atoms with Gasteiger partial charge in [-0.25, -0.2) is 0 Å². The van der Waals surface area contributed by atoms with Crippen LogP contribution < -0.4 is 10.6 Å². The van der Waals surface area contributed by atoms with Gasteiger partial charge in [0.05, 0.1) is 6.07 Å². The number of carbonyl (C=O) groups is 2. The number of amides is 2. The van der Waals surface area contributed by atoms with Crippen molar-refractivity contribution in [3.8, 4) is 6.07 Å². The summed E-state index contributed by atoms with van der Waals surface area (Å²) in [7, 11) is 0. The number of carbonyl (C=O) groups excluding carboxylic acids is 2. The Hall–Kier alpha value is -1.57. The van der Waals surface area contributed by atoms with Crippen LogP contribution in [0.25, 0.3) is 0 Å². The van der Waals surface area contributed by atoms with E-state index in [1.807, 2.05) is 27.7 Å². The van der Waals surface area contributed by atoms with Gasteiger partial charge >= 0.3 is 11.8 Å². The third-order valence-corrected chi connectivity index (χ3v) is 3.83. The number of rotatable bonds is 2. The zero-order valence-electron chi connectivity index (χ0n) is 10.0. The molecule has 5 nitrogen and oxygen atoms in total. The Morgan fingerprint density at radius 1 is 1.19 bits per heavy atom. The van der Waals surface area contributed by atoms with E-state index < -0.39 is 11.8 Å². The first kappa shape index (κ1) is 12.5. The van der Waals surface area contributed by atoms with Gasteiger partial charge in [0, 0.05) is 6.04 Å². The summed E-state index contributed by atoms with van der Waals surface area (Å²) in [6, 6.07) is 1.74. The molecule has 2 amide bonds.